The number of rotatable bonds is 5. The molecule has 1 saturated carbocycles. The number of nitrogens with one attached hydrogen (secondary N) is 2. The van der Waals surface area contributed by atoms with Gasteiger partial charge in [-0.3, -0.25) is 9.89 Å². The van der Waals surface area contributed by atoms with Gasteiger partial charge in [0, 0.05) is 31.3 Å². The number of aromatic nitrogens is 4. The number of H-pyrrole nitrogens is 1. The van der Waals surface area contributed by atoms with Crippen molar-refractivity contribution in [2.45, 2.75) is 44.4 Å². The number of fused-ring (bicyclic) bond motifs is 1. The van der Waals surface area contributed by atoms with Gasteiger partial charge in [-0.05, 0) is 25.0 Å². The molecule has 2 N–H and O–H groups in total. The first-order valence-electron chi connectivity index (χ1n) is 9.05. The number of hydrogen-bond donors (Lipinski definition) is 2. The van der Waals surface area contributed by atoms with E-state index in [0.717, 1.165) is 29.9 Å². The molecule has 6 nitrogen and oxygen atoms in total. The molecule has 1 aliphatic carbocycles. The van der Waals surface area contributed by atoms with Gasteiger partial charge in [0.15, 0.2) is 0 Å². The molecule has 3 aromatic heterocycles. The molecule has 0 saturated heterocycles. The van der Waals surface area contributed by atoms with E-state index in [-0.39, 0.29) is 5.91 Å². The summed E-state index contributed by atoms with van der Waals surface area (Å²) in [5.74, 6) is 0.397. The molecule has 130 valence electrons. The molecule has 0 radical (unpaired) electrons. The topological polar surface area (TPSA) is 75.1 Å². The Labute approximate surface area is 146 Å². The minimum absolute atomic E-state index is 0.0434. The minimum atomic E-state index is -0.0434. The van der Waals surface area contributed by atoms with Crippen LogP contribution in [0.1, 0.15) is 59.8 Å². The molecule has 3 aromatic rings. The van der Waals surface area contributed by atoms with Crippen LogP contribution < -0.4 is 5.32 Å². The van der Waals surface area contributed by atoms with Crippen LogP contribution in [0, 0.1) is 0 Å². The standard InChI is InChI=1S/C19H23N5O/c25-19(16-12-21-23-18(16)14-6-2-1-3-7-14)20-10-9-15-13-24-11-5-4-8-17(24)22-15/h4-5,8,11-14H,1-3,6-7,9-10H2,(H,20,25)(H,21,23). The Morgan fingerprint density at radius 2 is 2.16 bits per heavy atom. The number of aromatic amines is 1. The third kappa shape index (κ3) is 3.43. The summed E-state index contributed by atoms with van der Waals surface area (Å²) in [6, 6.07) is 5.93. The fourth-order valence-electron chi connectivity index (χ4n) is 3.69. The SMILES string of the molecule is O=C(NCCc1cn2ccccc2n1)c1cn[nH]c1C1CCCCC1. The van der Waals surface area contributed by atoms with Crippen molar-refractivity contribution in [1.82, 2.24) is 24.9 Å². The molecular weight excluding hydrogens is 314 g/mol. The highest BCUT2D eigenvalue weighted by atomic mass is 16.1. The lowest BCUT2D eigenvalue weighted by molar-refractivity contribution is 0.0952. The monoisotopic (exact) mass is 337 g/mol. The zero-order chi connectivity index (χ0) is 17.1. The second kappa shape index (κ2) is 7.09. The van der Waals surface area contributed by atoms with Crippen LogP contribution in [0.15, 0.2) is 36.8 Å². The Balaban J connectivity index is 1.37. The lowest BCUT2D eigenvalue weighted by Gasteiger charge is -2.21. The molecule has 0 atom stereocenters. The van der Waals surface area contributed by atoms with E-state index in [4.69, 9.17) is 0 Å². The highest BCUT2D eigenvalue weighted by Gasteiger charge is 2.23. The van der Waals surface area contributed by atoms with Gasteiger partial charge in [0.2, 0.25) is 0 Å². The molecule has 1 amide bonds. The van der Waals surface area contributed by atoms with Crippen molar-refractivity contribution in [2.24, 2.45) is 0 Å². The maximum Gasteiger partial charge on any atom is 0.254 e. The number of hydrogen-bond acceptors (Lipinski definition) is 3. The van der Waals surface area contributed by atoms with E-state index in [1.807, 2.05) is 35.0 Å². The van der Waals surface area contributed by atoms with Crippen molar-refractivity contribution in [1.29, 1.82) is 0 Å². The summed E-state index contributed by atoms with van der Waals surface area (Å²) in [5, 5.41) is 10.2. The molecule has 25 heavy (non-hydrogen) atoms. The van der Waals surface area contributed by atoms with Gasteiger partial charge < -0.3 is 9.72 Å². The summed E-state index contributed by atoms with van der Waals surface area (Å²) < 4.78 is 1.99. The third-order valence-electron chi connectivity index (χ3n) is 5.01. The normalized spacial score (nSPS) is 15.5. The molecular formula is C19H23N5O. The second-order valence-corrected chi connectivity index (χ2v) is 6.74. The molecule has 6 heteroatoms. The lowest BCUT2D eigenvalue weighted by Crippen LogP contribution is -2.27. The van der Waals surface area contributed by atoms with E-state index in [1.165, 1.54) is 19.3 Å². The van der Waals surface area contributed by atoms with Crippen LogP contribution in [0.5, 0.6) is 0 Å². The summed E-state index contributed by atoms with van der Waals surface area (Å²) >= 11 is 0. The number of carbonyl (C=O) groups excluding carboxylic acids is 1. The molecule has 0 aliphatic heterocycles. The fraction of sp³-hybridized carbons (Fsp3) is 0.421. The second-order valence-electron chi connectivity index (χ2n) is 6.74. The Morgan fingerprint density at radius 3 is 3.00 bits per heavy atom. The zero-order valence-electron chi connectivity index (χ0n) is 14.2. The first-order valence-corrected chi connectivity index (χ1v) is 9.05. The molecule has 0 aromatic carbocycles. The summed E-state index contributed by atoms with van der Waals surface area (Å²) in [5.41, 5.74) is 3.61. The van der Waals surface area contributed by atoms with E-state index >= 15 is 0 Å². The highest BCUT2D eigenvalue weighted by Crippen LogP contribution is 2.33. The van der Waals surface area contributed by atoms with Crippen molar-refractivity contribution < 1.29 is 4.79 Å². The number of amides is 1. The molecule has 1 aliphatic rings. The van der Waals surface area contributed by atoms with Gasteiger partial charge in [0.25, 0.3) is 5.91 Å². The number of imidazole rings is 1. The van der Waals surface area contributed by atoms with Crippen molar-refractivity contribution in [2.75, 3.05) is 6.54 Å². The Morgan fingerprint density at radius 1 is 1.28 bits per heavy atom. The Bertz CT molecular complexity index is 826. The van der Waals surface area contributed by atoms with Gasteiger partial charge in [-0.1, -0.05) is 25.3 Å². The molecule has 3 heterocycles. The van der Waals surface area contributed by atoms with Crippen LogP contribution >= 0.6 is 0 Å². The van der Waals surface area contributed by atoms with Crippen LogP contribution in [0.4, 0.5) is 0 Å². The van der Waals surface area contributed by atoms with E-state index in [2.05, 4.69) is 20.5 Å². The molecule has 4 rings (SSSR count). The van der Waals surface area contributed by atoms with Crippen LogP contribution in [-0.2, 0) is 6.42 Å². The first-order chi connectivity index (χ1) is 12.3. The van der Waals surface area contributed by atoms with Crippen LogP contribution in [-0.4, -0.2) is 32.0 Å². The highest BCUT2D eigenvalue weighted by molar-refractivity contribution is 5.95. The van der Waals surface area contributed by atoms with Crippen LogP contribution in [0.25, 0.3) is 5.65 Å². The van der Waals surface area contributed by atoms with Crippen molar-refractivity contribution in [3.05, 3.63) is 53.7 Å². The summed E-state index contributed by atoms with van der Waals surface area (Å²) in [6.45, 7) is 0.567. The number of pyridine rings is 1. The third-order valence-corrected chi connectivity index (χ3v) is 5.01. The predicted molar refractivity (Wildman–Crippen MR) is 95.6 cm³/mol. The van der Waals surface area contributed by atoms with Crippen LogP contribution in [0.3, 0.4) is 0 Å². The van der Waals surface area contributed by atoms with Gasteiger partial charge in [0.1, 0.15) is 5.65 Å². The predicted octanol–water partition coefficient (Wildman–Crippen LogP) is 3.08. The van der Waals surface area contributed by atoms with E-state index in [1.54, 1.807) is 6.20 Å². The lowest BCUT2D eigenvalue weighted by atomic mass is 9.85. The van der Waals surface area contributed by atoms with E-state index in [0.29, 0.717) is 24.4 Å². The first kappa shape index (κ1) is 15.9. The summed E-state index contributed by atoms with van der Waals surface area (Å²) in [4.78, 5) is 17.1. The van der Waals surface area contributed by atoms with Gasteiger partial charge in [0.05, 0.1) is 23.1 Å². The maximum atomic E-state index is 12.5. The smallest absolute Gasteiger partial charge is 0.254 e. The van der Waals surface area contributed by atoms with Gasteiger partial charge in [-0.25, -0.2) is 4.98 Å². The molecule has 0 spiro atoms. The van der Waals surface area contributed by atoms with Crippen molar-refractivity contribution in [3.8, 4) is 0 Å². The van der Waals surface area contributed by atoms with Gasteiger partial charge >= 0.3 is 0 Å². The van der Waals surface area contributed by atoms with E-state index in [9.17, 15) is 4.79 Å². The van der Waals surface area contributed by atoms with Gasteiger partial charge in [-0.2, -0.15) is 5.10 Å². The summed E-state index contributed by atoms with van der Waals surface area (Å²) in [7, 11) is 0. The number of nitrogens with zero attached hydrogens (tertiary/aromatic N) is 3. The maximum absolute atomic E-state index is 12.5. The Kier molecular flexibility index (Phi) is 4.50. The average molecular weight is 337 g/mol. The molecule has 0 unspecified atom stereocenters. The average Bonchev–Trinajstić information content (AvgIpc) is 3.29. The molecule has 1 fully saturated rings. The van der Waals surface area contributed by atoms with E-state index < -0.39 is 0 Å². The minimum Gasteiger partial charge on any atom is -0.352 e. The largest absolute Gasteiger partial charge is 0.352 e. The Hall–Kier alpha value is -2.63. The fourth-order valence-corrected chi connectivity index (χ4v) is 3.69. The quantitative estimate of drug-likeness (QED) is 0.751. The molecule has 0 bridgehead atoms. The number of carbonyl (C=O) groups is 1. The van der Waals surface area contributed by atoms with Crippen LogP contribution in [0.2, 0.25) is 0 Å². The van der Waals surface area contributed by atoms with Gasteiger partial charge in [-0.15, -0.1) is 0 Å². The van der Waals surface area contributed by atoms with Crippen molar-refractivity contribution >= 4 is 11.6 Å². The van der Waals surface area contributed by atoms with Crippen molar-refractivity contribution in [3.63, 3.8) is 0 Å². The zero-order valence-corrected chi connectivity index (χ0v) is 14.2. The summed E-state index contributed by atoms with van der Waals surface area (Å²) in [6.07, 6.45) is 12.4.